The van der Waals surface area contributed by atoms with Crippen molar-refractivity contribution in [3.05, 3.63) is 46.4 Å². The molecule has 0 spiro atoms. The van der Waals surface area contributed by atoms with Crippen LogP contribution in [-0.2, 0) is 20.0 Å². The van der Waals surface area contributed by atoms with Crippen molar-refractivity contribution < 1.29 is 26.3 Å². The van der Waals surface area contributed by atoms with Crippen molar-refractivity contribution in [2.24, 2.45) is 0 Å². The minimum absolute atomic E-state index is 0.00586. The van der Waals surface area contributed by atoms with E-state index in [-0.39, 0.29) is 51.8 Å². The van der Waals surface area contributed by atoms with E-state index >= 15 is 0 Å². The standard InChI is InChI=1S/C18H20Cl2N2O6S2/c1-27-16-6-4-14(12-17(16)28-2)29(23,24)21-7-9-22(10-8-21)30(25,26)18-11-13(19)3-5-15(18)20/h3-6,11-12H,7-10H2,1-2H3. The molecular weight excluding hydrogens is 475 g/mol. The van der Waals surface area contributed by atoms with Crippen LogP contribution < -0.4 is 9.47 Å². The lowest BCUT2D eigenvalue weighted by atomic mass is 10.3. The Hall–Kier alpha value is -1.56. The van der Waals surface area contributed by atoms with Gasteiger partial charge in [-0.25, -0.2) is 16.8 Å². The average Bonchev–Trinajstić information content (AvgIpc) is 2.74. The van der Waals surface area contributed by atoms with Crippen LogP contribution in [0.4, 0.5) is 0 Å². The molecule has 2 aromatic rings. The fraction of sp³-hybridized carbons (Fsp3) is 0.333. The van der Waals surface area contributed by atoms with Crippen LogP contribution in [0.5, 0.6) is 11.5 Å². The zero-order valence-electron chi connectivity index (χ0n) is 16.2. The number of hydrogen-bond donors (Lipinski definition) is 0. The summed E-state index contributed by atoms with van der Waals surface area (Å²) >= 11 is 12.0. The highest BCUT2D eigenvalue weighted by Gasteiger charge is 2.35. The van der Waals surface area contributed by atoms with Crippen LogP contribution in [0.2, 0.25) is 10.0 Å². The topological polar surface area (TPSA) is 93.2 Å². The summed E-state index contributed by atoms with van der Waals surface area (Å²) in [6.07, 6.45) is 0. The Morgan fingerprint density at radius 2 is 1.33 bits per heavy atom. The maximum Gasteiger partial charge on any atom is 0.244 e. The SMILES string of the molecule is COc1ccc(S(=O)(=O)N2CCN(S(=O)(=O)c3cc(Cl)ccc3Cl)CC2)cc1OC. The molecule has 0 N–H and O–H groups in total. The number of rotatable bonds is 6. The molecule has 30 heavy (non-hydrogen) atoms. The highest BCUT2D eigenvalue weighted by molar-refractivity contribution is 7.89. The Balaban J connectivity index is 1.80. The molecule has 3 rings (SSSR count). The number of nitrogens with zero attached hydrogens (tertiary/aromatic N) is 2. The van der Waals surface area contributed by atoms with E-state index in [9.17, 15) is 16.8 Å². The van der Waals surface area contributed by atoms with Crippen LogP contribution in [0.25, 0.3) is 0 Å². The number of ether oxygens (including phenoxy) is 2. The van der Waals surface area contributed by atoms with Crippen molar-refractivity contribution in [1.82, 2.24) is 8.61 Å². The van der Waals surface area contributed by atoms with E-state index in [0.717, 1.165) is 0 Å². The third-order valence-electron chi connectivity index (χ3n) is 4.70. The third kappa shape index (κ3) is 4.39. The Morgan fingerprint density at radius 1 is 0.767 bits per heavy atom. The van der Waals surface area contributed by atoms with E-state index in [0.29, 0.717) is 5.75 Å². The monoisotopic (exact) mass is 494 g/mol. The van der Waals surface area contributed by atoms with E-state index in [1.165, 1.54) is 59.2 Å². The minimum atomic E-state index is -3.91. The molecule has 0 aliphatic carbocycles. The van der Waals surface area contributed by atoms with E-state index in [1.54, 1.807) is 0 Å². The molecule has 2 aromatic carbocycles. The molecule has 1 aliphatic heterocycles. The zero-order valence-corrected chi connectivity index (χ0v) is 19.4. The van der Waals surface area contributed by atoms with E-state index in [1.807, 2.05) is 0 Å². The molecule has 0 saturated carbocycles. The quantitative estimate of drug-likeness (QED) is 0.612. The third-order valence-corrected chi connectivity index (χ3v) is 9.21. The summed E-state index contributed by atoms with van der Waals surface area (Å²) in [5.74, 6) is 0.696. The van der Waals surface area contributed by atoms with Gasteiger partial charge < -0.3 is 9.47 Å². The van der Waals surface area contributed by atoms with Gasteiger partial charge in [-0.1, -0.05) is 23.2 Å². The van der Waals surface area contributed by atoms with Gasteiger partial charge in [-0.3, -0.25) is 0 Å². The number of sulfonamides is 2. The van der Waals surface area contributed by atoms with Gasteiger partial charge >= 0.3 is 0 Å². The van der Waals surface area contributed by atoms with Gasteiger partial charge in [-0.05, 0) is 30.3 Å². The molecule has 1 heterocycles. The summed E-state index contributed by atoms with van der Waals surface area (Å²) in [5, 5.41) is 0.299. The lowest BCUT2D eigenvalue weighted by Gasteiger charge is -2.33. The molecule has 0 radical (unpaired) electrons. The predicted molar refractivity (Wildman–Crippen MR) is 114 cm³/mol. The largest absolute Gasteiger partial charge is 0.493 e. The Kier molecular flexibility index (Phi) is 6.85. The first-order valence-corrected chi connectivity index (χ1v) is 12.4. The molecule has 164 valence electrons. The van der Waals surface area contributed by atoms with Crippen molar-refractivity contribution in [3.63, 3.8) is 0 Å². The Labute approximate surface area is 186 Å². The van der Waals surface area contributed by atoms with Crippen molar-refractivity contribution in [2.45, 2.75) is 9.79 Å². The highest BCUT2D eigenvalue weighted by Crippen LogP contribution is 2.32. The maximum absolute atomic E-state index is 13.0. The van der Waals surface area contributed by atoms with Crippen LogP contribution in [0.15, 0.2) is 46.2 Å². The van der Waals surface area contributed by atoms with E-state index < -0.39 is 20.0 Å². The average molecular weight is 495 g/mol. The van der Waals surface area contributed by atoms with Gasteiger partial charge in [0, 0.05) is 37.3 Å². The van der Waals surface area contributed by atoms with Crippen LogP contribution in [0, 0.1) is 0 Å². The van der Waals surface area contributed by atoms with Crippen LogP contribution in [-0.4, -0.2) is 65.8 Å². The summed E-state index contributed by atoms with van der Waals surface area (Å²) in [7, 11) is -4.88. The number of halogens is 2. The smallest absolute Gasteiger partial charge is 0.244 e. The highest BCUT2D eigenvalue weighted by atomic mass is 35.5. The molecule has 0 aromatic heterocycles. The number of methoxy groups -OCH3 is 2. The van der Waals surface area contributed by atoms with Gasteiger partial charge in [0.25, 0.3) is 0 Å². The van der Waals surface area contributed by atoms with Gasteiger partial charge in [0.05, 0.1) is 24.1 Å². The number of benzene rings is 2. The minimum Gasteiger partial charge on any atom is -0.493 e. The summed E-state index contributed by atoms with van der Waals surface area (Å²) < 4.78 is 64.6. The molecule has 1 saturated heterocycles. The lowest BCUT2D eigenvalue weighted by Crippen LogP contribution is -2.50. The number of piperazine rings is 1. The molecule has 0 atom stereocenters. The summed E-state index contributed by atoms with van der Waals surface area (Å²) in [6.45, 7) is -0.0441. The first-order valence-electron chi connectivity index (χ1n) is 8.78. The second-order valence-corrected chi connectivity index (χ2v) is 11.1. The van der Waals surface area contributed by atoms with E-state index in [4.69, 9.17) is 32.7 Å². The van der Waals surface area contributed by atoms with Gasteiger partial charge in [0.1, 0.15) is 4.90 Å². The van der Waals surface area contributed by atoms with Crippen molar-refractivity contribution in [2.75, 3.05) is 40.4 Å². The fourth-order valence-corrected chi connectivity index (χ4v) is 6.69. The van der Waals surface area contributed by atoms with Crippen molar-refractivity contribution in [1.29, 1.82) is 0 Å². The summed E-state index contributed by atoms with van der Waals surface area (Å²) in [4.78, 5) is -0.0674. The zero-order chi connectivity index (χ0) is 22.1. The Morgan fingerprint density at radius 3 is 1.90 bits per heavy atom. The second-order valence-electron chi connectivity index (χ2n) is 6.40. The van der Waals surface area contributed by atoms with Gasteiger partial charge in [0.2, 0.25) is 20.0 Å². The van der Waals surface area contributed by atoms with Gasteiger partial charge in [-0.2, -0.15) is 8.61 Å². The second kappa shape index (κ2) is 8.89. The molecule has 0 bridgehead atoms. The normalized spacial score (nSPS) is 16.4. The van der Waals surface area contributed by atoms with E-state index in [2.05, 4.69) is 0 Å². The first-order chi connectivity index (χ1) is 14.1. The molecule has 8 nitrogen and oxygen atoms in total. The summed E-state index contributed by atoms with van der Waals surface area (Å²) in [5.41, 5.74) is 0. The maximum atomic E-state index is 13.0. The van der Waals surface area contributed by atoms with Crippen LogP contribution in [0.3, 0.4) is 0 Å². The predicted octanol–water partition coefficient (Wildman–Crippen LogP) is 2.71. The molecule has 0 unspecified atom stereocenters. The molecule has 0 amide bonds. The van der Waals surface area contributed by atoms with Gasteiger partial charge in [0.15, 0.2) is 11.5 Å². The molecule has 12 heteroatoms. The molecule has 1 aliphatic rings. The molecular formula is C18H20Cl2N2O6S2. The number of hydrogen-bond acceptors (Lipinski definition) is 6. The van der Waals surface area contributed by atoms with Crippen LogP contribution >= 0.6 is 23.2 Å². The Bertz CT molecular complexity index is 1150. The van der Waals surface area contributed by atoms with Crippen molar-refractivity contribution >= 4 is 43.2 Å². The van der Waals surface area contributed by atoms with Crippen molar-refractivity contribution in [3.8, 4) is 11.5 Å². The first kappa shape index (κ1) is 23.1. The lowest BCUT2D eigenvalue weighted by molar-refractivity contribution is 0.272. The summed E-state index contributed by atoms with van der Waals surface area (Å²) in [6, 6.07) is 8.50. The molecule has 1 fully saturated rings. The van der Waals surface area contributed by atoms with Crippen LogP contribution in [0.1, 0.15) is 0 Å². The van der Waals surface area contributed by atoms with Gasteiger partial charge in [-0.15, -0.1) is 0 Å². The fourth-order valence-electron chi connectivity index (χ4n) is 3.09.